The standard InChI is InChI=1S/C12H13IN2/c1-9-7-10(13)4-5-12(9)15-8-11-3-2-6-14-11/h2-7,14-15H,8H2,1H3. The van der Waals surface area contributed by atoms with Crippen LogP contribution in [0, 0.1) is 10.5 Å². The minimum atomic E-state index is 0.842. The van der Waals surface area contributed by atoms with E-state index in [0.29, 0.717) is 0 Å². The highest BCUT2D eigenvalue weighted by Crippen LogP contribution is 2.18. The fraction of sp³-hybridized carbons (Fsp3) is 0.167. The number of halogens is 1. The van der Waals surface area contributed by atoms with Crippen molar-refractivity contribution >= 4 is 28.3 Å². The zero-order valence-electron chi connectivity index (χ0n) is 8.55. The minimum Gasteiger partial charge on any atom is -0.379 e. The van der Waals surface area contributed by atoms with E-state index in [4.69, 9.17) is 0 Å². The lowest BCUT2D eigenvalue weighted by Gasteiger charge is -2.08. The Balaban J connectivity index is 2.05. The Labute approximate surface area is 103 Å². The van der Waals surface area contributed by atoms with Crippen molar-refractivity contribution in [3.8, 4) is 0 Å². The van der Waals surface area contributed by atoms with Crippen LogP contribution in [0.25, 0.3) is 0 Å². The molecule has 78 valence electrons. The van der Waals surface area contributed by atoms with E-state index < -0.39 is 0 Å². The van der Waals surface area contributed by atoms with Gasteiger partial charge in [0.15, 0.2) is 0 Å². The molecule has 3 heteroatoms. The summed E-state index contributed by atoms with van der Waals surface area (Å²) >= 11 is 2.33. The Morgan fingerprint density at radius 2 is 2.20 bits per heavy atom. The van der Waals surface area contributed by atoms with Gasteiger partial charge in [0.1, 0.15) is 0 Å². The fourth-order valence-corrected chi connectivity index (χ4v) is 2.14. The van der Waals surface area contributed by atoms with Crippen molar-refractivity contribution in [2.75, 3.05) is 5.32 Å². The Bertz CT molecular complexity index is 435. The van der Waals surface area contributed by atoms with Gasteiger partial charge < -0.3 is 10.3 Å². The minimum absolute atomic E-state index is 0.842. The lowest BCUT2D eigenvalue weighted by molar-refractivity contribution is 1.07. The average Bonchev–Trinajstić information content (AvgIpc) is 2.69. The largest absolute Gasteiger partial charge is 0.379 e. The SMILES string of the molecule is Cc1cc(I)ccc1NCc1ccc[nH]1. The molecule has 2 nitrogen and oxygen atoms in total. The normalized spacial score (nSPS) is 10.3. The maximum absolute atomic E-state index is 3.41. The maximum atomic E-state index is 3.41. The van der Waals surface area contributed by atoms with E-state index in [1.165, 1.54) is 20.5 Å². The van der Waals surface area contributed by atoms with Gasteiger partial charge in [-0.05, 0) is 65.4 Å². The Hall–Kier alpha value is -0.970. The van der Waals surface area contributed by atoms with Gasteiger partial charge in [-0.15, -0.1) is 0 Å². The summed E-state index contributed by atoms with van der Waals surface area (Å²) in [6.07, 6.45) is 1.94. The molecule has 0 aliphatic carbocycles. The zero-order valence-corrected chi connectivity index (χ0v) is 10.7. The van der Waals surface area contributed by atoms with Crippen LogP contribution in [0.1, 0.15) is 11.3 Å². The number of aromatic nitrogens is 1. The van der Waals surface area contributed by atoms with Crippen molar-refractivity contribution < 1.29 is 0 Å². The molecular formula is C12H13IN2. The number of aryl methyl sites for hydroxylation is 1. The molecule has 0 aliphatic heterocycles. The number of hydrogen-bond donors (Lipinski definition) is 2. The van der Waals surface area contributed by atoms with Crippen molar-refractivity contribution in [1.29, 1.82) is 0 Å². The monoisotopic (exact) mass is 312 g/mol. The molecule has 1 heterocycles. The topological polar surface area (TPSA) is 27.8 Å². The van der Waals surface area contributed by atoms with Crippen molar-refractivity contribution in [1.82, 2.24) is 4.98 Å². The fourth-order valence-electron chi connectivity index (χ4n) is 1.49. The van der Waals surface area contributed by atoms with Gasteiger partial charge in [0.2, 0.25) is 0 Å². The molecule has 0 unspecified atom stereocenters. The highest BCUT2D eigenvalue weighted by molar-refractivity contribution is 14.1. The third kappa shape index (κ3) is 2.75. The molecule has 1 aromatic carbocycles. The number of aromatic amines is 1. The molecule has 0 bridgehead atoms. The second-order valence-corrected chi connectivity index (χ2v) is 4.75. The lowest BCUT2D eigenvalue weighted by Crippen LogP contribution is -2.01. The van der Waals surface area contributed by atoms with Gasteiger partial charge in [0, 0.05) is 21.1 Å². The first-order chi connectivity index (χ1) is 7.25. The third-order valence-electron chi connectivity index (χ3n) is 2.32. The van der Waals surface area contributed by atoms with E-state index in [1.54, 1.807) is 0 Å². The Morgan fingerprint density at radius 1 is 1.33 bits per heavy atom. The average molecular weight is 312 g/mol. The molecule has 0 saturated carbocycles. The molecule has 15 heavy (non-hydrogen) atoms. The first-order valence-corrected chi connectivity index (χ1v) is 5.96. The van der Waals surface area contributed by atoms with Gasteiger partial charge in [-0.25, -0.2) is 0 Å². The van der Waals surface area contributed by atoms with Crippen LogP contribution in [0.5, 0.6) is 0 Å². The summed E-state index contributed by atoms with van der Waals surface area (Å²) in [6.45, 7) is 2.97. The van der Waals surface area contributed by atoms with Gasteiger partial charge in [0.05, 0.1) is 6.54 Å². The van der Waals surface area contributed by atoms with E-state index >= 15 is 0 Å². The van der Waals surface area contributed by atoms with Gasteiger partial charge in [-0.3, -0.25) is 0 Å². The van der Waals surface area contributed by atoms with Crippen LogP contribution >= 0.6 is 22.6 Å². The lowest BCUT2D eigenvalue weighted by atomic mass is 10.2. The first-order valence-electron chi connectivity index (χ1n) is 4.88. The smallest absolute Gasteiger partial charge is 0.0551 e. The highest BCUT2D eigenvalue weighted by Gasteiger charge is 1.98. The van der Waals surface area contributed by atoms with E-state index in [-0.39, 0.29) is 0 Å². The van der Waals surface area contributed by atoms with Gasteiger partial charge in [-0.2, -0.15) is 0 Å². The molecule has 0 radical (unpaired) electrons. The Morgan fingerprint density at radius 3 is 2.87 bits per heavy atom. The summed E-state index contributed by atoms with van der Waals surface area (Å²) in [5, 5.41) is 3.41. The van der Waals surface area contributed by atoms with E-state index in [9.17, 15) is 0 Å². The van der Waals surface area contributed by atoms with Crippen molar-refractivity contribution in [3.63, 3.8) is 0 Å². The molecule has 0 aliphatic rings. The number of hydrogen-bond acceptors (Lipinski definition) is 1. The summed E-state index contributed by atoms with van der Waals surface area (Å²) in [5.41, 5.74) is 3.69. The van der Waals surface area contributed by atoms with Gasteiger partial charge in [-0.1, -0.05) is 0 Å². The molecule has 0 fully saturated rings. The number of rotatable bonds is 3. The van der Waals surface area contributed by atoms with Gasteiger partial charge >= 0.3 is 0 Å². The van der Waals surface area contributed by atoms with Gasteiger partial charge in [0.25, 0.3) is 0 Å². The Kier molecular flexibility index (Phi) is 3.30. The van der Waals surface area contributed by atoms with Crippen LogP contribution in [-0.2, 0) is 6.54 Å². The number of anilines is 1. The molecule has 2 N–H and O–H groups in total. The quantitative estimate of drug-likeness (QED) is 0.834. The number of nitrogens with one attached hydrogen (secondary N) is 2. The first kappa shape index (κ1) is 10.5. The summed E-state index contributed by atoms with van der Waals surface area (Å²) < 4.78 is 1.27. The van der Waals surface area contributed by atoms with Crippen molar-refractivity contribution in [2.45, 2.75) is 13.5 Å². The van der Waals surface area contributed by atoms with E-state index in [0.717, 1.165) is 6.54 Å². The second kappa shape index (κ2) is 4.70. The molecule has 1 aromatic heterocycles. The maximum Gasteiger partial charge on any atom is 0.0551 e. The van der Waals surface area contributed by atoms with Crippen LogP contribution < -0.4 is 5.32 Å². The predicted octanol–water partition coefficient (Wildman–Crippen LogP) is 3.54. The molecular weight excluding hydrogens is 299 g/mol. The van der Waals surface area contributed by atoms with Crippen LogP contribution in [0.2, 0.25) is 0 Å². The van der Waals surface area contributed by atoms with E-state index in [1.807, 2.05) is 12.3 Å². The number of benzene rings is 1. The van der Waals surface area contributed by atoms with Crippen LogP contribution in [0.3, 0.4) is 0 Å². The second-order valence-electron chi connectivity index (χ2n) is 3.51. The molecule has 0 amide bonds. The molecule has 2 aromatic rings. The van der Waals surface area contributed by atoms with Crippen molar-refractivity contribution in [2.24, 2.45) is 0 Å². The van der Waals surface area contributed by atoms with Crippen LogP contribution in [0.15, 0.2) is 36.5 Å². The number of H-pyrrole nitrogens is 1. The van der Waals surface area contributed by atoms with Crippen LogP contribution in [0.4, 0.5) is 5.69 Å². The molecule has 0 saturated heterocycles. The molecule has 2 rings (SSSR count). The van der Waals surface area contributed by atoms with E-state index in [2.05, 4.69) is 64.1 Å². The van der Waals surface area contributed by atoms with Crippen molar-refractivity contribution in [3.05, 3.63) is 51.4 Å². The summed E-state index contributed by atoms with van der Waals surface area (Å²) in [5.74, 6) is 0. The summed E-state index contributed by atoms with van der Waals surface area (Å²) in [7, 11) is 0. The van der Waals surface area contributed by atoms with Crippen LogP contribution in [-0.4, -0.2) is 4.98 Å². The molecule has 0 spiro atoms. The molecule has 0 atom stereocenters. The highest BCUT2D eigenvalue weighted by atomic mass is 127. The third-order valence-corrected chi connectivity index (χ3v) is 2.99. The summed E-state index contributed by atoms with van der Waals surface area (Å²) in [6, 6.07) is 10.5. The predicted molar refractivity (Wildman–Crippen MR) is 72.0 cm³/mol. The zero-order chi connectivity index (χ0) is 10.7. The summed E-state index contributed by atoms with van der Waals surface area (Å²) in [4.78, 5) is 3.17.